The molecule has 2 amide bonds. The number of likely N-dealkylation sites (tertiary alicyclic amines) is 1. The third-order valence-corrected chi connectivity index (χ3v) is 7.76. The van der Waals surface area contributed by atoms with Crippen LogP contribution in [0, 0.1) is 19.8 Å². The Kier molecular flexibility index (Phi) is 6.91. The zero-order valence-corrected chi connectivity index (χ0v) is 18.4. The maximum atomic E-state index is 12.8. The third kappa shape index (κ3) is 5.56. The molecule has 2 rings (SSSR count). The van der Waals surface area contributed by atoms with Gasteiger partial charge in [0.1, 0.15) is 0 Å². The molecule has 1 saturated heterocycles. The van der Waals surface area contributed by atoms with Crippen LogP contribution in [0.15, 0.2) is 18.2 Å². The van der Waals surface area contributed by atoms with Crippen LogP contribution in [0.5, 0.6) is 0 Å². The number of nitrogens with one attached hydrogen (secondary N) is 1. The van der Waals surface area contributed by atoms with E-state index in [2.05, 4.69) is 5.32 Å². The van der Waals surface area contributed by atoms with Gasteiger partial charge in [0.15, 0.2) is 9.84 Å². The molecule has 28 heavy (non-hydrogen) atoms. The van der Waals surface area contributed by atoms with Crippen LogP contribution in [0.1, 0.15) is 55.1 Å². The predicted molar refractivity (Wildman–Crippen MR) is 111 cm³/mol. The molecule has 1 N–H and O–H groups in total. The van der Waals surface area contributed by atoms with E-state index in [1.807, 2.05) is 32.0 Å². The van der Waals surface area contributed by atoms with Crippen molar-refractivity contribution < 1.29 is 18.0 Å². The molecule has 1 atom stereocenters. The molecular formula is C21H32N2O4S. The molecule has 0 aromatic heterocycles. The fourth-order valence-electron chi connectivity index (χ4n) is 3.42. The highest BCUT2D eigenvalue weighted by molar-refractivity contribution is 7.92. The highest BCUT2D eigenvalue weighted by atomic mass is 32.2. The first kappa shape index (κ1) is 22.4. The number of rotatable bonds is 5. The molecule has 1 aliphatic heterocycles. The van der Waals surface area contributed by atoms with Crippen molar-refractivity contribution in [3.05, 3.63) is 34.9 Å². The summed E-state index contributed by atoms with van der Waals surface area (Å²) in [5.74, 6) is -0.622. The van der Waals surface area contributed by atoms with Gasteiger partial charge in [-0.1, -0.05) is 17.2 Å². The van der Waals surface area contributed by atoms with Crippen molar-refractivity contribution in [1.82, 2.24) is 10.2 Å². The van der Waals surface area contributed by atoms with Gasteiger partial charge in [0.05, 0.1) is 16.4 Å². The summed E-state index contributed by atoms with van der Waals surface area (Å²) in [4.78, 5) is 27.1. The molecule has 0 bridgehead atoms. The first-order chi connectivity index (χ1) is 12.9. The van der Waals surface area contributed by atoms with Crippen molar-refractivity contribution >= 4 is 21.7 Å². The van der Waals surface area contributed by atoms with Crippen LogP contribution < -0.4 is 5.32 Å². The number of nitrogens with zero attached hydrogens (tertiary/aromatic N) is 1. The second-order valence-corrected chi connectivity index (χ2v) is 11.6. The molecular weight excluding hydrogens is 376 g/mol. The largest absolute Gasteiger partial charge is 0.355 e. The molecule has 0 aliphatic carbocycles. The minimum absolute atomic E-state index is 0.0559. The Labute approximate surface area is 168 Å². The Balaban J connectivity index is 1.95. The van der Waals surface area contributed by atoms with E-state index in [4.69, 9.17) is 0 Å². The highest BCUT2D eigenvalue weighted by Gasteiger charge is 2.31. The summed E-state index contributed by atoms with van der Waals surface area (Å²) in [5.41, 5.74) is 2.72. The summed E-state index contributed by atoms with van der Waals surface area (Å²) in [6, 6.07) is 5.77. The number of sulfone groups is 1. The SMILES string of the molecule is Cc1cc(C)cc(C(=O)N2CCCC(C(=O)NCCS(=O)(=O)C(C)(C)C)C2)c1. The number of hydrogen-bond donors (Lipinski definition) is 1. The predicted octanol–water partition coefficient (Wildman–Crippen LogP) is 2.49. The standard InChI is InChI=1S/C21H32N2O4S/c1-15-11-16(2)13-18(12-15)20(25)23-9-6-7-17(14-23)19(24)22-8-10-28(26,27)21(3,4)5/h11-13,17H,6-10,14H2,1-5H3,(H,22,24). The average Bonchev–Trinajstić information content (AvgIpc) is 2.59. The van der Waals surface area contributed by atoms with Gasteiger partial charge in [0.2, 0.25) is 5.91 Å². The molecule has 1 fully saturated rings. The zero-order chi connectivity index (χ0) is 21.1. The summed E-state index contributed by atoms with van der Waals surface area (Å²) in [6.45, 7) is 9.98. The lowest BCUT2D eigenvalue weighted by atomic mass is 9.96. The molecule has 1 aromatic carbocycles. The van der Waals surface area contributed by atoms with Crippen molar-refractivity contribution in [2.75, 3.05) is 25.4 Å². The lowest BCUT2D eigenvalue weighted by molar-refractivity contribution is -0.126. The van der Waals surface area contributed by atoms with Crippen LogP contribution in [0.4, 0.5) is 0 Å². The number of carbonyl (C=O) groups is 2. The third-order valence-electron chi connectivity index (χ3n) is 5.15. The molecule has 7 heteroatoms. The molecule has 6 nitrogen and oxygen atoms in total. The Morgan fingerprint density at radius 2 is 1.75 bits per heavy atom. The summed E-state index contributed by atoms with van der Waals surface area (Å²) in [5, 5.41) is 2.74. The molecule has 0 saturated carbocycles. The second kappa shape index (κ2) is 8.64. The lowest BCUT2D eigenvalue weighted by Gasteiger charge is -2.32. The van der Waals surface area contributed by atoms with Gasteiger partial charge in [-0.05, 0) is 59.6 Å². The van der Waals surface area contributed by atoms with E-state index in [0.29, 0.717) is 25.1 Å². The molecule has 0 spiro atoms. The maximum Gasteiger partial charge on any atom is 0.253 e. The van der Waals surface area contributed by atoms with Crippen LogP contribution in [-0.4, -0.2) is 55.3 Å². The van der Waals surface area contributed by atoms with E-state index in [0.717, 1.165) is 17.5 Å². The van der Waals surface area contributed by atoms with Gasteiger partial charge >= 0.3 is 0 Å². The number of hydrogen-bond acceptors (Lipinski definition) is 4. The Hall–Kier alpha value is -1.89. The van der Waals surface area contributed by atoms with Crippen LogP contribution in [0.3, 0.4) is 0 Å². The fourth-order valence-corrected chi connectivity index (χ4v) is 4.40. The minimum atomic E-state index is -3.27. The number of carbonyl (C=O) groups excluding carboxylic acids is 2. The molecule has 1 aliphatic rings. The molecule has 1 heterocycles. The normalized spacial score (nSPS) is 18.0. The van der Waals surface area contributed by atoms with Crippen molar-refractivity contribution in [2.45, 2.75) is 52.2 Å². The number of aryl methyl sites for hydroxylation is 2. The zero-order valence-electron chi connectivity index (χ0n) is 17.5. The first-order valence-corrected chi connectivity index (χ1v) is 11.4. The summed E-state index contributed by atoms with van der Waals surface area (Å²) >= 11 is 0. The van der Waals surface area contributed by atoms with Crippen LogP contribution in [0.2, 0.25) is 0 Å². The fraction of sp³-hybridized carbons (Fsp3) is 0.619. The number of piperidine rings is 1. The van der Waals surface area contributed by atoms with E-state index >= 15 is 0 Å². The van der Waals surface area contributed by atoms with Crippen molar-refractivity contribution in [3.63, 3.8) is 0 Å². The van der Waals surface area contributed by atoms with E-state index in [1.165, 1.54) is 0 Å². The second-order valence-electron chi connectivity index (χ2n) is 8.69. The first-order valence-electron chi connectivity index (χ1n) is 9.78. The quantitative estimate of drug-likeness (QED) is 0.811. The van der Waals surface area contributed by atoms with Gasteiger partial charge in [-0.25, -0.2) is 8.42 Å². The number of benzene rings is 1. The van der Waals surface area contributed by atoms with Gasteiger partial charge in [0.25, 0.3) is 5.91 Å². The average molecular weight is 409 g/mol. The summed E-state index contributed by atoms with van der Waals surface area (Å²) < 4.78 is 23.5. The van der Waals surface area contributed by atoms with Crippen LogP contribution >= 0.6 is 0 Å². The lowest BCUT2D eigenvalue weighted by Crippen LogP contribution is -2.46. The topological polar surface area (TPSA) is 83.6 Å². The van der Waals surface area contributed by atoms with Gasteiger partial charge in [-0.2, -0.15) is 0 Å². The Bertz CT molecular complexity index is 820. The smallest absolute Gasteiger partial charge is 0.253 e. The highest BCUT2D eigenvalue weighted by Crippen LogP contribution is 2.20. The van der Waals surface area contributed by atoms with E-state index in [1.54, 1.807) is 25.7 Å². The molecule has 1 unspecified atom stereocenters. The monoisotopic (exact) mass is 408 g/mol. The van der Waals surface area contributed by atoms with Gasteiger partial charge in [-0.3, -0.25) is 9.59 Å². The Morgan fingerprint density at radius 3 is 2.32 bits per heavy atom. The van der Waals surface area contributed by atoms with Crippen molar-refractivity contribution in [3.8, 4) is 0 Å². The Morgan fingerprint density at radius 1 is 1.14 bits per heavy atom. The van der Waals surface area contributed by atoms with Crippen molar-refractivity contribution in [1.29, 1.82) is 0 Å². The summed E-state index contributed by atoms with van der Waals surface area (Å²) in [6.07, 6.45) is 1.46. The summed E-state index contributed by atoms with van der Waals surface area (Å²) in [7, 11) is -3.27. The van der Waals surface area contributed by atoms with Crippen molar-refractivity contribution in [2.24, 2.45) is 5.92 Å². The van der Waals surface area contributed by atoms with E-state index in [-0.39, 0.29) is 30.0 Å². The van der Waals surface area contributed by atoms with Crippen LogP contribution in [0.25, 0.3) is 0 Å². The molecule has 0 radical (unpaired) electrons. The molecule has 156 valence electrons. The van der Waals surface area contributed by atoms with Gasteiger partial charge < -0.3 is 10.2 Å². The van der Waals surface area contributed by atoms with Gasteiger partial charge in [-0.15, -0.1) is 0 Å². The van der Waals surface area contributed by atoms with E-state index in [9.17, 15) is 18.0 Å². The van der Waals surface area contributed by atoms with Gasteiger partial charge in [0, 0.05) is 25.2 Å². The molecule has 1 aromatic rings. The number of amides is 2. The van der Waals surface area contributed by atoms with E-state index < -0.39 is 14.6 Å². The minimum Gasteiger partial charge on any atom is -0.355 e. The van der Waals surface area contributed by atoms with Crippen LogP contribution in [-0.2, 0) is 14.6 Å². The maximum absolute atomic E-state index is 12.8.